The van der Waals surface area contributed by atoms with Gasteiger partial charge in [0.05, 0.1) is 29.3 Å². The number of nitrogens with two attached hydrogens (primary N) is 1. The smallest absolute Gasteiger partial charge is 0.408 e. The minimum absolute atomic E-state index is 0.0242. The fourth-order valence-electron chi connectivity index (χ4n) is 7.96. The monoisotopic (exact) mass is 841 g/mol. The largest absolute Gasteiger partial charge is 0.497 e. The number of sulfonamides is 1. The molecule has 4 amide bonds. The van der Waals surface area contributed by atoms with Gasteiger partial charge in [0.15, 0.2) is 0 Å². The Hall–Kier alpha value is -4.67. The first-order valence-corrected chi connectivity index (χ1v) is 22.1. The molecule has 7 atom stereocenters. The van der Waals surface area contributed by atoms with E-state index in [1.165, 1.54) is 4.90 Å². The standard InChI is InChI=1S/C42H63N7O9S/c1-25(13-10-11-14-27-15-12-16-30(27)36(51)47-59(54,55)42(6)19-20-42)21-26(2)34(45-40(53)58-41(3,4)5)38(52)49-24-29(23-33(49)35(43)50)57-37-31-18-17-28(56-9)22-32(31)44-39(46-37)48(7)8/h11,14,17-18,22,25-27,29-30,33-34H,10,12-13,15-16,19-21,23-24H2,1-9H3,(H2,43,50)(H,45,53)(H,47,51)/b14-11-/t25-,26+,27+,29+,30?,33-,34-/m0/s1. The van der Waals surface area contributed by atoms with Gasteiger partial charge in [-0.25, -0.2) is 18.2 Å². The SMILES string of the molecule is COc1ccc2c(O[C@@H]3C[C@@H](C(N)=O)N(C(=O)[C@@H](NC(=O)OC(C)(C)C)[C@H](C)C[C@@H](C)CC/C=C\[C@@H]4CCCC4C(=O)NS(=O)(=O)C4(C)CC4)C3)nc(N(C)C)nc2c1. The number of methoxy groups -OCH3 is 1. The third kappa shape index (κ3) is 11.3. The van der Waals surface area contributed by atoms with Crippen LogP contribution in [0.25, 0.3) is 10.9 Å². The summed E-state index contributed by atoms with van der Waals surface area (Å²) in [7, 11) is 1.49. The molecule has 4 N–H and O–H groups in total. The Morgan fingerprint density at radius 1 is 1.12 bits per heavy atom. The van der Waals surface area contributed by atoms with Gasteiger partial charge >= 0.3 is 6.09 Å². The van der Waals surface area contributed by atoms with Crippen LogP contribution in [0.3, 0.4) is 0 Å². The Bertz CT molecular complexity index is 2010. The van der Waals surface area contributed by atoms with E-state index in [-0.39, 0.29) is 42.5 Å². The zero-order chi connectivity index (χ0) is 43.4. The summed E-state index contributed by atoms with van der Waals surface area (Å²) < 4.78 is 44.2. The predicted molar refractivity (Wildman–Crippen MR) is 224 cm³/mol. The lowest BCUT2D eigenvalue weighted by atomic mass is 9.87. The van der Waals surface area contributed by atoms with Crippen molar-refractivity contribution < 1.29 is 41.8 Å². The second kappa shape index (κ2) is 18.3. The molecule has 17 heteroatoms. The maximum Gasteiger partial charge on any atom is 0.408 e. The molecule has 3 aliphatic rings. The van der Waals surface area contributed by atoms with Crippen molar-refractivity contribution in [3.8, 4) is 11.6 Å². The highest BCUT2D eigenvalue weighted by Crippen LogP contribution is 2.43. The highest BCUT2D eigenvalue weighted by molar-refractivity contribution is 7.91. The molecule has 0 spiro atoms. The van der Waals surface area contributed by atoms with E-state index in [0.717, 1.165) is 19.3 Å². The van der Waals surface area contributed by atoms with Gasteiger partial charge < -0.3 is 35.1 Å². The van der Waals surface area contributed by atoms with E-state index in [1.54, 1.807) is 57.9 Å². The van der Waals surface area contributed by atoms with Gasteiger partial charge in [-0.3, -0.25) is 19.1 Å². The summed E-state index contributed by atoms with van der Waals surface area (Å²) in [5.41, 5.74) is 5.67. The Kier molecular flexibility index (Phi) is 14.1. The van der Waals surface area contributed by atoms with Crippen LogP contribution in [-0.2, 0) is 29.1 Å². The van der Waals surface area contributed by atoms with Gasteiger partial charge in [-0.15, -0.1) is 0 Å². The molecular formula is C42H63N7O9S. The van der Waals surface area contributed by atoms with Crippen LogP contribution < -0.4 is 30.1 Å². The number of primary amides is 1. The van der Waals surface area contributed by atoms with Gasteiger partial charge in [0.25, 0.3) is 0 Å². The molecule has 5 rings (SSSR count). The highest BCUT2D eigenvalue weighted by Gasteiger charge is 2.51. The quantitative estimate of drug-likeness (QED) is 0.183. The number of fused-ring (bicyclic) bond motifs is 1. The van der Waals surface area contributed by atoms with Crippen LogP contribution in [0.5, 0.6) is 11.6 Å². The predicted octanol–water partition coefficient (Wildman–Crippen LogP) is 4.84. The Morgan fingerprint density at radius 3 is 2.46 bits per heavy atom. The van der Waals surface area contributed by atoms with E-state index in [4.69, 9.17) is 19.9 Å². The number of aromatic nitrogens is 2. The molecule has 1 aliphatic heterocycles. The molecule has 16 nitrogen and oxygen atoms in total. The van der Waals surface area contributed by atoms with Gasteiger partial charge in [0.2, 0.25) is 39.6 Å². The molecule has 326 valence electrons. The third-order valence-corrected chi connectivity index (χ3v) is 13.8. The van der Waals surface area contributed by atoms with Crippen LogP contribution in [0.4, 0.5) is 10.7 Å². The fraction of sp³-hybridized carbons (Fsp3) is 0.667. The van der Waals surface area contributed by atoms with E-state index < -0.39 is 62.4 Å². The first kappa shape index (κ1) is 45.4. The number of likely N-dealkylation sites (tertiary alicyclic amines) is 1. The van der Waals surface area contributed by atoms with Crippen LogP contribution in [0, 0.1) is 23.7 Å². The summed E-state index contributed by atoms with van der Waals surface area (Å²) in [4.78, 5) is 66.0. The van der Waals surface area contributed by atoms with Crippen LogP contribution in [0.2, 0.25) is 0 Å². The third-order valence-electron chi connectivity index (χ3n) is 11.6. The highest BCUT2D eigenvalue weighted by atomic mass is 32.2. The molecular weight excluding hydrogens is 779 g/mol. The summed E-state index contributed by atoms with van der Waals surface area (Å²) in [5, 5.41) is 3.43. The van der Waals surface area contributed by atoms with Gasteiger partial charge in [0.1, 0.15) is 29.5 Å². The number of ether oxygens (including phenoxy) is 3. The number of hydrogen-bond donors (Lipinski definition) is 3. The summed E-state index contributed by atoms with van der Waals surface area (Å²) in [6.45, 7) is 10.9. The topological polar surface area (TPSA) is 212 Å². The number of allylic oxidation sites excluding steroid dienone is 2. The second-order valence-electron chi connectivity index (χ2n) is 18.1. The molecule has 1 saturated heterocycles. The minimum Gasteiger partial charge on any atom is -0.497 e. The summed E-state index contributed by atoms with van der Waals surface area (Å²) in [6, 6.07) is 3.31. The molecule has 0 radical (unpaired) electrons. The zero-order valence-corrected chi connectivity index (χ0v) is 36.8. The summed E-state index contributed by atoms with van der Waals surface area (Å²) in [6.07, 6.45) is 8.27. The molecule has 3 fully saturated rings. The number of nitrogens with one attached hydrogen (secondary N) is 2. The van der Waals surface area contributed by atoms with Crippen LogP contribution in [0.1, 0.15) is 99.3 Å². The number of carbonyl (C=O) groups excluding carboxylic acids is 4. The van der Waals surface area contributed by atoms with E-state index in [1.807, 2.05) is 27.1 Å². The van der Waals surface area contributed by atoms with Crippen molar-refractivity contribution in [3.05, 3.63) is 30.4 Å². The number of benzene rings is 1. The molecule has 2 aromatic rings. The number of amides is 4. The van der Waals surface area contributed by atoms with Gasteiger partial charge in [-0.2, -0.15) is 4.98 Å². The van der Waals surface area contributed by atoms with Crippen molar-refractivity contribution in [2.75, 3.05) is 32.6 Å². The molecule has 59 heavy (non-hydrogen) atoms. The van der Waals surface area contributed by atoms with Gasteiger partial charge in [0, 0.05) is 32.5 Å². The maximum atomic E-state index is 14.5. The lowest BCUT2D eigenvalue weighted by Gasteiger charge is -2.32. The molecule has 0 bridgehead atoms. The fourth-order valence-corrected chi connectivity index (χ4v) is 9.26. The normalized spacial score (nSPS) is 23.0. The lowest BCUT2D eigenvalue weighted by Crippen LogP contribution is -2.56. The van der Waals surface area contributed by atoms with E-state index in [2.05, 4.69) is 33.0 Å². The molecule has 2 saturated carbocycles. The van der Waals surface area contributed by atoms with Gasteiger partial charge in [-0.05, 0) is 103 Å². The number of alkyl carbamates (subject to hydrolysis) is 1. The van der Waals surface area contributed by atoms with Crippen LogP contribution in [0.15, 0.2) is 30.4 Å². The first-order valence-electron chi connectivity index (χ1n) is 20.6. The van der Waals surface area contributed by atoms with E-state index in [9.17, 15) is 27.6 Å². The molecule has 2 aliphatic carbocycles. The zero-order valence-electron chi connectivity index (χ0n) is 35.9. The van der Waals surface area contributed by atoms with Crippen molar-refractivity contribution in [2.45, 2.75) is 128 Å². The molecule has 2 heterocycles. The number of rotatable bonds is 17. The Morgan fingerprint density at radius 2 is 1.83 bits per heavy atom. The van der Waals surface area contributed by atoms with Crippen molar-refractivity contribution in [1.29, 1.82) is 0 Å². The number of nitrogens with zero attached hydrogens (tertiary/aromatic N) is 4. The minimum atomic E-state index is -3.69. The lowest BCUT2D eigenvalue weighted by molar-refractivity contribution is -0.140. The Labute approximate surface area is 348 Å². The second-order valence-corrected chi connectivity index (χ2v) is 20.3. The number of anilines is 1. The maximum absolute atomic E-state index is 14.5. The van der Waals surface area contributed by atoms with Crippen LogP contribution in [-0.4, -0.2) is 103 Å². The van der Waals surface area contributed by atoms with Crippen molar-refractivity contribution in [2.24, 2.45) is 29.4 Å². The average molecular weight is 842 g/mol. The van der Waals surface area contributed by atoms with Crippen molar-refractivity contribution in [1.82, 2.24) is 24.9 Å². The van der Waals surface area contributed by atoms with Gasteiger partial charge in [-0.1, -0.05) is 32.4 Å². The van der Waals surface area contributed by atoms with E-state index >= 15 is 0 Å². The van der Waals surface area contributed by atoms with E-state index in [0.29, 0.717) is 54.7 Å². The average Bonchev–Trinajstić information content (AvgIpc) is 3.53. The first-order chi connectivity index (χ1) is 27.6. The van der Waals surface area contributed by atoms with Crippen molar-refractivity contribution >= 4 is 50.7 Å². The Balaban J connectivity index is 1.26. The van der Waals surface area contributed by atoms with Crippen molar-refractivity contribution in [3.63, 3.8) is 0 Å². The molecule has 1 unspecified atom stereocenters. The number of carbonyl (C=O) groups is 4. The summed E-state index contributed by atoms with van der Waals surface area (Å²) in [5.74, 6) is -0.961. The molecule has 1 aromatic carbocycles. The molecule has 1 aromatic heterocycles. The summed E-state index contributed by atoms with van der Waals surface area (Å²) >= 11 is 0. The van der Waals surface area contributed by atoms with Crippen LogP contribution >= 0.6 is 0 Å². The number of hydrogen-bond acceptors (Lipinski definition) is 12.